The molecule has 86 valence electrons. The van der Waals surface area contributed by atoms with E-state index in [1.807, 2.05) is 0 Å². The van der Waals surface area contributed by atoms with Crippen molar-refractivity contribution in [2.75, 3.05) is 6.61 Å². The van der Waals surface area contributed by atoms with Gasteiger partial charge >= 0.3 is 0 Å². The van der Waals surface area contributed by atoms with Gasteiger partial charge in [0.15, 0.2) is 0 Å². The molecule has 0 aromatic heterocycles. The van der Waals surface area contributed by atoms with Crippen LogP contribution in [0.1, 0.15) is 39.5 Å². The molecule has 0 bridgehead atoms. The molecule has 0 spiro atoms. The summed E-state index contributed by atoms with van der Waals surface area (Å²) in [7, 11) is 0. The zero-order valence-electron chi connectivity index (χ0n) is 9.75. The van der Waals surface area contributed by atoms with Crippen molar-refractivity contribution >= 4 is 0 Å². The zero-order chi connectivity index (χ0) is 10.9. The lowest BCUT2D eigenvalue weighted by Gasteiger charge is -2.34. The third-order valence-electron chi connectivity index (χ3n) is 3.96. The fourth-order valence-electron chi connectivity index (χ4n) is 3.02. The maximum atomic E-state index is 5.68. The lowest BCUT2D eigenvalue weighted by molar-refractivity contribution is 0.147. The standard InChI is InChI=1S/C12H22N2O/c1-12(2)7-3-5-9(12)11(14-13)10-6-4-8-15-10/h6,9,11,14H,3-5,7-8,13H2,1-2H3. The summed E-state index contributed by atoms with van der Waals surface area (Å²) >= 11 is 0. The highest BCUT2D eigenvalue weighted by Crippen LogP contribution is 2.46. The van der Waals surface area contributed by atoms with Gasteiger partial charge in [0.25, 0.3) is 0 Å². The Morgan fingerprint density at radius 2 is 2.40 bits per heavy atom. The van der Waals surface area contributed by atoms with Crippen LogP contribution in [-0.4, -0.2) is 12.6 Å². The molecule has 2 atom stereocenters. The van der Waals surface area contributed by atoms with Gasteiger partial charge in [-0.2, -0.15) is 0 Å². The van der Waals surface area contributed by atoms with Crippen LogP contribution in [-0.2, 0) is 4.74 Å². The lowest BCUT2D eigenvalue weighted by Crippen LogP contribution is -2.45. The van der Waals surface area contributed by atoms with Gasteiger partial charge in [0.1, 0.15) is 5.76 Å². The summed E-state index contributed by atoms with van der Waals surface area (Å²) in [5.41, 5.74) is 3.33. The molecule has 15 heavy (non-hydrogen) atoms. The van der Waals surface area contributed by atoms with Crippen LogP contribution >= 0.6 is 0 Å². The molecule has 2 rings (SSSR count). The highest BCUT2D eigenvalue weighted by Gasteiger charge is 2.41. The molecule has 3 nitrogen and oxygen atoms in total. The molecule has 2 aliphatic rings. The SMILES string of the molecule is CC1(C)CCCC1C(NN)C1=CCCO1. The van der Waals surface area contributed by atoms with Crippen LogP contribution in [0.5, 0.6) is 0 Å². The number of hydrogen-bond acceptors (Lipinski definition) is 3. The first-order valence-electron chi connectivity index (χ1n) is 5.94. The van der Waals surface area contributed by atoms with Gasteiger partial charge < -0.3 is 4.74 Å². The van der Waals surface area contributed by atoms with Gasteiger partial charge in [0, 0.05) is 6.42 Å². The Kier molecular flexibility index (Phi) is 3.03. The molecule has 1 aliphatic carbocycles. The van der Waals surface area contributed by atoms with Crippen molar-refractivity contribution in [1.29, 1.82) is 0 Å². The number of nitrogens with one attached hydrogen (secondary N) is 1. The summed E-state index contributed by atoms with van der Waals surface area (Å²) in [6.45, 7) is 5.50. The van der Waals surface area contributed by atoms with Gasteiger partial charge in [0.2, 0.25) is 0 Å². The molecular weight excluding hydrogens is 188 g/mol. The average molecular weight is 210 g/mol. The first-order chi connectivity index (χ1) is 7.15. The normalized spacial score (nSPS) is 31.1. The van der Waals surface area contributed by atoms with E-state index in [0.29, 0.717) is 11.3 Å². The Hall–Kier alpha value is -0.540. The van der Waals surface area contributed by atoms with Crippen molar-refractivity contribution < 1.29 is 4.74 Å². The maximum Gasteiger partial charge on any atom is 0.111 e. The van der Waals surface area contributed by atoms with Gasteiger partial charge in [-0.15, -0.1) is 0 Å². The first kappa shape index (κ1) is 11.0. The minimum Gasteiger partial charge on any atom is -0.496 e. The molecule has 0 amide bonds. The van der Waals surface area contributed by atoms with E-state index in [2.05, 4.69) is 25.3 Å². The molecule has 0 aromatic carbocycles. The van der Waals surface area contributed by atoms with Gasteiger partial charge in [-0.05, 0) is 30.3 Å². The molecule has 1 heterocycles. The van der Waals surface area contributed by atoms with Crippen LogP contribution in [0.2, 0.25) is 0 Å². The van der Waals surface area contributed by atoms with Crippen LogP contribution in [0.25, 0.3) is 0 Å². The van der Waals surface area contributed by atoms with E-state index in [1.54, 1.807) is 0 Å². The fourth-order valence-corrected chi connectivity index (χ4v) is 3.02. The van der Waals surface area contributed by atoms with E-state index in [0.717, 1.165) is 18.8 Å². The Morgan fingerprint density at radius 3 is 2.87 bits per heavy atom. The van der Waals surface area contributed by atoms with Crippen molar-refractivity contribution in [2.24, 2.45) is 17.2 Å². The lowest BCUT2D eigenvalue weighted by atomic mass is 9.77. The highest BCUT2D eigenvalue weighted by atomic mass is 16.5. The summed E-state index contributed by atoms with van der Waals surface area (Å²) in [4.78, 5) is 0. The summed E-state index contributed by atoms with van der Waals surface area (Å²) in [5, 5.41) is 0. The number of hydrazine groups is 1. The van der Waals surface area contributed by atoms with Crippen LogP contribution in [0.3, 0.4) is 0 Å². The monoisotopic (exact) mass is 210 g/mol. The van der Waals surface area contributed by atoms with Crippen molar-refractivity contribution in [3.63, 3.8) is 0 Å². The summed E-state index contributed by atoms with van der Waals surface area (Å²) in [6, 6.07) is 0.213. The van der Waals surface area contributed by atoms with Gasteiger partial charge in [0.05, 0.1) is 12.6 Å². The quantitative estimate of drug-likeness (QED) is 0.553. The molecule has 2 unspecified atom stereocenters. The highest BCUT2D eigenvalue weighted by molar-refractivity contribution is 5.11. The van der Waals surface area contributed by atoms with E-state index < -0.39 is 0 Å². The molecule has 3 N–H and O–H groups in total. The molecule has 0 radical (unpaired) electrons. The van der Waals surface area contributed by atoms with E-state index in [4.69, 9.17) is 10.6 Å². The van der Waals surface area contributed by atoms with Crippen molar-refractivity contribution in [2.45, 2.75) is 45.6 Å². The Balaban J connectivity index is 2.12. The van der Waals surface area contributed by atoms with Crippen LogP contribution in [0, 0.1) is 11.3 Å². The largest absolute Gasteiger partial charge is 0.496 e. The third kappa shape index (κ3) is 2.04. The second kappa shape index (κ2) is 4.14. The minimum atomic E-state index is 0.213. The van der Waals surface area contributed by atoms with Gasteiger partial charge in [-0.1, -0.05) is 20.3 Å². The van der Waals surface area contributed by atoms with Crippen molar-refractivity contribution in [3.8, 4) is 0 Å². The van der Waals surface area contributed by atoms with Crippen LogP contribution in [0.4, 0.5) is 0 Å². The van der Waals surface area contributed by atoms with Crippen molar-refractivity contribution in [1.82, 2.24) is 5.43 Å². The Labute approximate surface area is 92.0 Å². The van der Waals surface area contributed by atoms with E-state index in [9.17, 15) is 0 Å². The summed E-state index contributed by atoms with van der Waals surface area (Å²) < 4.78 is 5.63. The predicted molar refractivity (Wildman–Crippen MR) is 60.9 cm³/mol. The van der Waals surface area contributed by atoms with Gasteiger partial charge in [-0.3, -0.25) is 5.84 Å². The fraction of sp³-hybridized carbons (Fsp3) is 0.833. The molecule has 0 saturated heterocycles. The minimum absolute atomic E-state index is 0.213. The van der Waals surface area contributed by atoms with Crippen LogP contribution < -0.4 is 11.3 Å². The smallest absolute Gasteiger partial charge is 0.111 e. The predicted octanol–water partition coefficient (Wildman–Crippen LogP) is 1.95. The molecule has 3 heteroatoms. The summed E-state index contributed by atoms with van der Waals surface area (Å²) in [5.74, 6) is 7.35. The van der Waals surface area contributed by atoms with Crippen LogP contribution in [0.15, 0.2) is 11.8 Å². The average Bonchev–Trinajstić information content (AvgIpc) is 2.78. The number of nitrogens with two attached hydrogens (primary N) is 1. The Bertz CT molecular complexity index is 260. The number of hydrogen-bond donors (Lipinski definition) is 2. The maximum absolute atomic E-state index is 5.68. The third-order valence-corrected chi connectivity index (χ3v) is 3.96. The second-order valence-electron chi connectivity index (χ2n) is 5.38. The molecular formula is C12H22N2O. The van der Waals surface area contributed by atoms with E-state index in [1.165, 1.54) is 19.3 Å². The molecule has 1 fully saturated rings. The number of ether oxygens (including phenoxy) is 1. The Morgan fingerprint density at radius 1 is 1.60 bits per heavy atom. The zero-order valence-corrected chi connectivity index (χ0v) is 9.75. The van der Waals surface area contributed by atoms with E-state index >= 15 is 0 Å². The van der Waals surface area contributed by atoms with Crippen molar-refractivity contribution in [3.05, 3.63) is 11.8 Å². The molecule has 0 aromatic rings. The van der Waals surface area contributed by atoms with Gasteiger partial charge in [-0.25, -0.2) is 5.43 Å². The summed E-state index contributed by atoms with van der Waals surface area (Å²) in [6.07, 6.45) is 7.06. The topological polar surface area (TPSA) is 47.3 Å². The molecule has 1 aliphatic heterocycles. The van der Waals surface area contributed by atoms with E-state index in [-0.39, 0.29) is 6.04 Å². The second-order valence-corrected chi connectivity index (χ2v) is 5.38. The number of rotatable bonds is 3. The first-order valence-corrected chi connectivity index (χ1v) is 5.94. The molecule has 1 saturated carbocycles.